The molecule has 0 amide bonds. The van der Waals surface area contributed by atoms with Crippen LogP contribution in [-0.4, -0.2) is 9.55 Å². The highest BCUT2D eigenvalue weighted by molar-refractivity contribution is 6.06. The number of benzene rings is 2. The maximum atomic E-state index is 12.7. The molecule has 2 nitrogen and oxygen atoms in total. The van der Waals surface area contributed by atoms with Gasteiger partial charge in [0, 0.05) is 23.5 Å². The number of hydrogen-bond donors (Lipinski definition) is 0. The van der Waals surface area contributed by atoms with Crippen LogP contribution in [0.2, 0.25) is 0 Å². The Hall–Kier alpha value is -2.82. The summed E-state index contributed by atoms with van der Waals surface area (Å²) in [6, 6.07) is 17.1. The first-order chi connectivity index (χ1) is 11.5. The van der Waals surface area contributed by atoms with E-state index in [9.17, 15) is 13.2 Å². The molecule has 2 heterocycles. The molecule has 4 rings (SSSR count). The number of alkyl halides is 3. The third-order valence-corrected chi connectivity index (χ3v) is 4.15. The molecule has 0 aliphatic heterocycles. The van der Waals surface area contributed by atoms with Gasteiger partial charge < -0.3 is 4.57 Å². The van der Waals surface area contributed by atoms with Gasteiger partial charge in [-0.15, -0.1) is 0 Å². The number of rotatable bonds is 2. The van der Waals surface area contributed by atoms with E-state index in [0.29, 0.717) is 6.54 Å². The summed E-state index contributed by atoms with van der Waals surface area (Å²) in [5.74, 6) is 0. The zero-order valence-corrected chi connectivity index (χ0v) is 12.6. The summed E-state index contributed by atoms with van der Waals surface area (Å²) in [5.41, 5.74) is 2.02. The van der Waals surface area contributed by atoms with Crippen LogP contribution in [0.25, 0.3) is 21.9 Å². The summed E-state index contributed by atoms with van der Waals surface area (Å²) in [4.78, 5) is 4.45. The van der Waals surface area contributed by atoms with Crippen molar-refractivity contribution in [2.45, 2.75) is 12.7 Å². The number of para-hydroxylation sites is 1. The zero-order chi connectivity index (χ0) is 16.7. The number of aromatic nitrogens is 2. The lowest BCUT2D eigenvalue weighted by atomic mass is 10.1. The van der Waals surface area contributed by atoms with Crippen molar-refractivity contribution in [1.82, 2.24) is 9.55 Å². The summed E-state index contributed by atoms with van der Waals surface area (Å²) in [6.07, 6.45) is -2.59. The first-order valence-corrected chi connectivity index (χ1v) is 7.52. The maximum absolute atomic E-state index is 12.7. The number of fused-ring (bicyclic) bond motifs is 3. The van der Waals surface area contributed by atoms with E-state index in [-0.39, 0.29) is 0 Å². The minimum Gasteiger partial charge on any atom is -0.321 e. The Morgan fingerprint density at radius 1 is 0.833 bits per heavy atom. The Morgan fingerprint density at radius 3 is 2.29 bits per heavy atom. The average molecular weight is 326 g/mol. The van der Waals surface area contributed by atoms with Crippen molar-refractivity contribution in [3.05, 3.63) is 78.0 Å². The van der Waals surface area contributed by atoms with E-state index in [4.69, 9.17) is 0 Å². The van der Waals surface area contributed by atoms with Crippen molar-refractivity contribution in [3.63, 3.8) is 0 Å². The van der Waals surface area contributed by atoms with E-state index in [0.717, 1.165) is 39.6 Å². The lowest BCUT2D eigenvalue weighted by Gasteiger charge is -2.10. The predicted molar refractivity (Wildman–Crippen MR) is 87.8 cm³/mol. The SMILES string of the molecule is FC(F)(F)c1ccc(Cn2c3ccccc3c3cccnc32)cc1. The highest BCUT2D eigenvalue weighted by atomic mass is 19.4. The summed E-state index contributed by atoms with van der Waals surface area (Å²) in [7, 11) is 0. The van der Waals surface area contributed by atoms with Gasteiger partial charge in [-0.1, -0.05) is 30.3 Å². The first kappa shape index (κ1) is 14.8. The third-order valence-electron chi connectivity index (χ3n) is 4.15. The Kier molecular flexibility index (Phi) is 3.30. The van der Waals surface area contributed by atoms with Crippen molar-refractivity contribution < 1.29 is 13.2 Å². The van der Waals surface area contributed by atoms with E-state index in [2.05, 4.69) is 4.98 Å². The molecule has 0 N–H and O–H groups in total. The average Bonchev–Trinajstić information content (AvgIpc) is 2.89. The summed E-state index contributed by atoms with van der Waals surface area (Å²) in [6.45, 7) is 0.471. The number of hydrogen-bond acceptors (Lipinski definition) is 1. The molecule has 0 aliphatic carbocycles. The highest BCUT2D eigenvalue weighted by Crippen LogP contribution is 2.30. The van der Waals surface area contributed by atoms with Gasteiger partial charge in [-0.2, -0.15) is 13.2 Å². The molecule has 24 heavy (non-hydrogen) atoms. The molecule has 0 spiro atoms. The first-order valence-electron chi connectivity index (χ1n) is 7.52. The summed E-state index contributed by atoms with van der Waals surface area (Å²) >= 11 is 0. The topological polar surface area (TPSA) is 17.8 Å². The molecular weight excluding hydrogens is 313 g/mol. The molecule has 0 saturated heterocycles. The molecule has 0 saturated carbocycles. The fraction of sp³-hybridized carbons (Fsp3) is 0.105. The Balaban J connectivity index is 1.81. The van der Waals surface area contributed by atoms with Gasteiger partial charge in [-0.25, -0.2) is 4.98 Å². The monoisotopic (exact) mass is 326 g/mol. The van der Waals surface area contributed by atoms with Gasteiger partial charge in [0.2, 0.25) is 0 Å². The largest absolute Gasteiger partial charge is 0.416 e. The van der Waals surface area contributed by atoms with Gasteiger partial charge in [0.05, 0.1) is 11.1 Å². The Morgan fingerprint density at radius 2 is 1.54 bits per heavy atom. The van der Waals surface area contributed by atoms with Crippen molar-refractivity contribution >= 4 is 21.9 Å². The molecule has 0 unspecified atom stereocenters. The van der Waals surface area contributed by atoms with Gasteiger partial charge in [-0.3, -0.25) is 0 Å². The van der Waals surface area contributed by atoms with Crippen LogP contribution >= 0.6 is 0 Å². The van der Waals surface area contributed by atoms with Crippen LogP contribution in [0.1, 0.15) is 11.1 Å². The third kappa shape index (κ3) is 2.42. The quantitative estimate of drug-likeness (QED) is 0.491. The fourth-order valence-corrected chi connectivity index (χ4v) is 3.01. The van der Waals surface area contributed by atoms with Gasteiger partial charge in [0.1, 0.15) is 5.65 Å². The molecule has 0 bridgehead atoms. The van der Waals surface area contributed by atoms with E-state index < -0.39 is 11.7 Å². The predicted octanol–water partition coefficient (Wildman–Crippen LogP) is 5.26. The summed E-state index contributed by atoms with van der Waals surface area (Å²) < 4.78 is 40.1. The molecule has 4 aromatic rings. The molecule has 0 fully saturated rings. The van der Waals surface area contributed by atoms with Crippen LogP contribution in [0, 0.1) is 0 Å². The molecule has 0 atom stereocenters. The van der Waals surface area contributed by atoms with Gasteiger partial charge in [0.15, 0.2) is 0 Å². The second kappa shape index (κ2) is 5.37. The minimum absolute atomic E-state index is 0.471. The van der Waals surface area contributed by atoms with E-state index in [1.54, 1.807) is 6.20 Å². The van der Waals surface area contributed by atoms with E-state index in [1.165, 1.54) is 12.1 Å². The summed E-state index contributed by atoms with van der Waals surface area (Å²) in [5, 5.41) is 2.13. The van der Waals surface area contributed by atoms with E-state index in [1.807, 2.05) is 41.0 Å². The van der Waals surface area contributed by atoms with Gasteiger partial charge in [0.25, 0.3) is 0 Å². The van der Waals surface area contributed by atoms with Crippen LogP contribution in [0.3, 0.4) is 0 Å². The van der Waals surface area contributed by atoms with Crippen LogP contribution in [0.15, 0.2) is 66.9 Å². The van der Waals surface area contributed by atoms with Crippen LogP contribution in [0.4, 0.5) is 13.2 Å². The molecule has 120 valence electrons. The fourth-order valence-electron chi connectivity index (χ4n) is 3.01. The number of halogens is 3. The van der Waals surface area contributed by atoms with Crippen LogP contribution in [0.5, 0.6) is 0 Å². The Bertz CT molecular complexity index is 961. The second-order valence-electron chi connectivity index (χ2n) is 5.67. The standard InChI is InChI=1S/C19H13F3N2/c20-19(21,22)14-9-7-13(8-10-14)12-24-17-6-2-1-4-15(17)16-5-3-11-23-18(16)24/h1-11H,12H2. The molecule has 0 radical (unpaired) electrons. The molecule has 0 aliphatic rings. The normalized spacial score (nSPS) is 12.1. The second-order valence-corrected chi connectivity index (χ2v) is 5.67. The zero-order valence-electron chi connectivity index (χ0n) is 12.6. The van der Waals surface area contributed by atoms with Crippen molar-refractivity contribution in [1.29, 1.82) is 0 Å². The smallest absolute Gasteiger partial charge is 0.321 e. The maximum Gasteiger partial charge on any atom is 0.416 e. The molecular formula is C19H13F3N2. The van der Waals surface area contributed by atoms with Crippen LogP contribution < -0.4 is 0 Å². The molecule has 5 heteroatoms. The minimum atomic E-state index is -4.31. The van der Waals surface area contributed by atoms with Crippen LogP contribution in [-0.2, 0) is 12.7 Å². The lowest BCUT2D eigenvalue weighted by Crippen LogP contribution is -2.05. The lowest BCUT2D eigenvalue weighted by molar-refractivity contribution is -0.137. The number of nitrogens with zero attached hydrogens (tertiary/aromatic N) is 2. The van der Waals surface area contributed by atoms with Crippen molar-refractivity contribution in [2.75, 3.05) is 0 Å². The Labute approximate surface area is 136 Å². The van der Waals surface area contributed by atoms with E-state index >= 15 is 0 Å². The highest BCUT2D eigenvalue weighted by Gasteiger charge is 2.29. The molecule has 2 aromatic heterocycles. The van der Waals surface area contributed by atoms with Gasteiger partial charge in [-0.05, 0) is 35.9 Å². The van der Waals surface area contributed by atoms with Crippen molar-refractivity contribution in [2.24, 2.45) is 0 Å². The van der Waals surface area contributed by atoms with Gasteiger partial charge >= 0.3 is 6.18 Å². The van der Waals surface area contributed by atoms with Crippen molar-refractivity contribution in [3.8, 4) is 0 Å². The molecule has 2 aromatic carbocycles. The number of pyridine rings is 1.